The van der Waals surface area contributed by atoms with Crippen LogP contribution in [0.15, 0.2) is 70.6 Å². The summed E-state index contributed by atoms with van der Waals surface area (Å²) in [6.45, 7) is 0.280. The molecule has 0 aromatic heterocycles. The molecule has 1 amide bonds. The molecule has 0 unspecified atom stereocenters. The molecule has 1 aliphatic rings. The molecule has 0 radical (unpaired) electrons. The molecule has 0 spiro atoms. The van der Waals surface area contributed by atoms with E-state index in [1.807, 2.05) is 6.07 Å². The fourth-order valence-corrected chi connectivity index (χ4v) is 4.12. The van der Waals surface area contributed by atoms with Gasteiger partial charge in [-0.3, -0.25) is 4.79 Å². The van der Waals surface area contributed by atoms with Crippen LogP contribution in [0.2, 0.25) is 10.0 Å². The number of amidine groups is 1. The fourth-order valence-electron chi connectivity index (χ4n) is 2.97. The molecule has 0 bridgehead atoms. The van der Waals surface area contributed by atoms with Gasteiger partial charge in [-0.2, -0.15) is 0 Å². The van der Waals surface area contributed by atoms with Gasteiger partial charge in [0.15, 0.2) is 16.7 Å². The number of halogens is 3. The Morgan fingerprint density at radius 3 is 2.64 bits per heavy atom. The lowest BCUT2D eigenvalue weighted by Crippen LogP contribution is -2.19. The maximum absolute atomic E-state index is 13.8. The lowest BCUT2D eigenvalue weighted by Gasteiger charge is -2.12. The summed E-state index contributed by atoms with van der Waals surface area (Å²) in [7, 11) is 1.54. The summed E-state index contributed by atoms with van der Waals surface area (Å²) in [6, 6.07) is 16.7. The third-order valence-electron chi connectivity index (χ3n) is 4.59. The zero-order valence-corrected chi connectivity index (χ0v) is 19.6. The molecular formula is C24H17Cl2FN2O3S. The minimum absolute atomic E-state index is 0.159. The zero-order valence-electron chi connectivity index (χ0n) is 17.3. The highest BCUT2D eigenvalue weighted by molar-refractivity contribution is 8.18. The van der Waals surface area contributed by atoms with Gasteiger partial charge in [0.25, 0.3) is 5.91 Å². The summed E-state index contributed by atoms with van der Waals surface area (Å²) in [5, 5.41) is 3.89. The van der Waals surface area contributed by atoms with Crippen LogP contribution in [0.5, 0.6) is 11.5 Å². The predicted molar refractivity (Wildman–Crippen MR) is 131 cm³/mol. The molecule has 4 rings (SSSR count). The van der Waals surface area contributed by atoms with Gasteiger partial charge in [-0.15, -0.1) is 0 Å². The normalized spacial score (nSPS) is 15.7. The van der Waals surface area contributed by atoms with E-state index in [0.717, 1.165) is 22.9 Å². The van der Waals surface area contributed by atoms with Crippen molar-refractivity contribution in [1.29, 1.82) is 0 Å². The molecule has 0 aliphatic carbocycles. The number of thioether (sulfide) groups is 1. The number of carbonyl (C=O) groups excluding carboxylic acids is 1. The molecule has 3 aromatic carbocycles. The van der Waals surface area contributed by atoms with E-state index >= 15 is 0 Å². The smallest absolute Gasteiger partial charge is 0.264 e. The van der Waals surface area contributed by atoms with Crippen molar-refractivity contribution in [3.8, 4) is 11.5 Å². The topological polar surface area (TPSA) is 59.9 Å². The van der Waals surface area contributed by atoms with Gasteiger partial charge < -0.3 is 14.8 Å². The molecule has 0 atom stereocenters. The number of amides is 1. The number of benzene rings is 3. The van der Waals surface area contributed by atoms with Gasteiger partial charge in [0.1, 0.15) is 18.1 Å². The SMILES string of the molecule is COc1cc(/C=C2\SC(=Nc3ccccc3F)NC2=O)ccc1OCc1ccc(Cl)c(Cl)c1. The molecule has 1 N–H and O–H groups in total. The number of nitrogens with one attached hydrogen (secondary N) is 1. The van der Waals surface area contributed by atoms with Gasteiger partial charge in [-0.1, -0.05) is 47.5 Å². The van der Waals surface area contributed by atoms with Crippen molar-refractivity contribution in [1.82, 2.24) is 5.32 Å². The van der Waals surface area contributed by atoms with Crippen molar-refractivity contribution in [2.75, 3.05) is 7.11 Å². The molecule has 33 heavy (non-hydrogen) atoms. The monoisotopic (exact) mass is 502 g/mol. The van der Waals surface area contributed by atoms with E-state index in [0.29, 0.717) is 31.6 Å². The predicted octanol–water partition coefficient (Wildman–Crippen LogP) is 6.61. The Morgan fingerprint density at radius 1 is 1.06 bits per heavy atom. The van der Waals surface area contributed by atoms with Crippen molar-refractivity contribution < 1.29 is 18.7 Å². The maximum atomic E-state index is 13.8. The standard InChI is InChI=1S/C24H17Cl2FN2O3S/c1-31-21-11-14(7-9-20(21)32-13-15-6-8-16(25)17(26)10-15)12-22-23(30)29-24(33-22)28-19-5-3-2-4-18(19)27/h2-12H,13H2,1H3,(H,28,29,30)/b22-12-. The van der Waals surface area contributed by atoms with Crippen LogP contribution in [0.25, 0.3) is 6.08 Å². The van der Waals surface area contributed by atoms with E-state index in [4.69, 9.17) is 32.7 Å². The molecule has 1 heterocycles. The third-order valence-corrected chi connectivity index (χ3v) is 6.24. The van der Waals surface area contributed by atoms with Crippen molar-refractivity contribution in [2.45, 2.75) is 6.61 Å². The average molecular weight is 503 g/mol. The van der Waals surface area contributed by atoms with Crippen LogP contribution >= 0.6 is 35.0 Å². The second-order valence-electron chi connectivity index (χ2n) is 6.88. The first kappa shape index (κ1) is 23.2. The number of rotatable bonds is 6. The Hall–Kier alpha value is -3.00. The first-order valence-electron chi connectivity index (χ1n) is 9.72. The molecular weight excluding hydrogens is 486 g/mol. The number of carbonyl (C=O) groups is 1. The number of nitrogens with zero attached hydrogens (tertiary/aromatic N) is 1. The molecule has 9 heteroatoms. The quantitative estimate of drug-likeness (QED) is 0.385. The van der Waals surface area contributed by atoms with Gasteiger partial charge in [-0.25, -0.2) is 9.38 Å². The number of ether oxygens (including phenoxy) is 2. The second-order valence-corrected chi connectivity index (χ2v) is 8.73. The first-order chi connectivity index (χ1) is 15.9. The summed E-state index contributed by atoms with van der Waals surface area (Å²) in [5.74, 6) is 0.275. The lowest BCUT2D eigenvalue weighted by molar-refractivity contribution is -0.115. The van der Waals surface area contributed by atoms with Crippen LogP contribution in [0.1, 0.15) is 11.1 Å². The molecule has 168 valence electrons. The largest absolute Gasteiger partial charge is 0.493 e. The van der Waals surface area contributed by atoms with Gasteiger partial charge in [0.2, 0.25) is 0 Å². The highest BCUT2D eigenvalue weighted by Crippen LogP contribution is 2.33. The average Bonchev–Trinajstić information content (AvgIpc) is 3.15. The maximum Gasteiger partial charge on any atom is 0.264 e. The van der Waals surface area contributed by atoms with Crippen LogP contribution in [0.3, 0.4) is 0 Å². The summed E-state index contributed by atoms with van der Waals surface area (Å²) in [5.41, 5.74) is 1.75. The van der Waals surface area contributed by atoms with E-state index in [1.54, 1.807) is 54.6 Å². The molecule has 0 saturated carbocycles. The Kier molecular flexibility index (Phi) is 7.23. The van der Waals surface area contributed by atoms with E-state index in [9.17, 15) is 9.18 Å². The van der Waals surface area contributed by atoms with Crippen LogP contribution < -0.4 is 14.8 Å². The van der Waals surface area contributed by atoms with Crippen LogP contribution in [-0.2, 0) is 11.4 Å². The van der Waals surface area contributed by atoms with E-state index in [1.165, 1.54) is 13.2 Å². The Labute approximate surface area is 204 Å². The van der Waals surface area contributed by atoms with Gasteiger partial charge in [0.05, 0.1) is 22.1 Å². The zero-order chi connectivity index (χ0) is 23.4. The van der Waals surface area contributed by atoms with Gasteiger partial charge in [0, 0.05) is 0 Å². The highest BCUT2D eigenvalue weighted by Gasteiger charge is 2.24. The molecule has 1 saturated heterocycles. The molecule has 1 aliphatic heterocycles. The molecule has 1 fully saturated rings. The number of para-hydroxylation sites is 1. The number of hydrogen-bond acceptors (Lipinski definition) is 5. The number of hydrogen-bond donors (Lipinski definition) is 1. The van der Waals surface area contributed by atoms with Crippen molar-refractivity contribution >= 4 is 57.8 Å². The van der Waals surface area contributed by atoms with Crippen molar-refractivity contribution in [3.63, 3.8) is 0 Å². The van der Waals surface area contributed by atoms with E-state index in [2.05, 4.69) is 10.3 Å². The number of methoxy groups -OCH3 is 1. The lowest BCUT2D eigenvalue weighted by atomic mass is 10.2. The van der Waals surface area contributed by atoms with E-state index in [-0.39, 0.29) is 18.2 Å². The Morgan fingerprint density at radius 2 is 1.88 bits per heavy atom. The summed E-state index contributed by atoms with van der Waals surface area (Å²) in [4.78, 5) is 17.0. The first-order valence-corrected chi connectivity index (χ1v) is 11.3. The van der Waals surface area contributed by atoms with Crippen LogP contribution in [0.4, 0.5) is 10.1 Å². The minimum Gasteiger partial charge on any atom is -0.493 e. The van der Waals surface area contributed by atoms with Crippen LogP contribution in [0, 0.1) is 5.82 Å². The second kappa shape index (κ2) is 10.3. The highest BCUT2D eigenvalue weighted by atomic mass is 35.5. The summed E-state index contributed by atoms with van der Waals surface area (Å²) < 4.78 is 25.1. The molecule has 5 nitrogen and oxygen atoms in total. The van der Waals surface area contributed by atoms with E-state index < -0.39 is 5.82 Å². The van der Waals surface area contributed by atoms with Gasteiger partial charge >= 0.3 is 0 Å². The molecule has 3 aromatic rings. The fraction of sp³-hybridized carbons (Fsp3) is 0.0833. The van der Waals surface area contributed by atoms with Crippen molar-refractivity contribution in [3.05, 3.63) is 92.6 Å². The van der Waals surface area contributed by atoms with Crippen LogP contribution in [-0.4, -0.2) is 18.2 Å². The Balaban J connectivity index is 1.49. The summed E-state index contributed by atoms with van der Waals surface area (Å²) in [6.07, 6.45) is 1.70. The van der Waals surface area contributed by atoms with Gasteiger partial charge in [-0.05, 0) is 65.4 Å². The summed E-state index contributed by atoms with van der Waals surface area (Å²) >= 11 is 13.1. The number of aliphatic imine (C=N–C) groups is 1. The third kappa shape index (κ3) is 5.68. The Bertz CT molecular complexity index is 1280. The minimum atomic E-state index is -0.460. The van der Waals surface area contributed by atoms with Crippen molar-refractivity contribution in [2.24, 2.45) is 4.99 Å².